The van der Waals surface area contributed by atoms with Crippen LogP contribution in [0.1, 0.15) is 21.5 Å². The van der Waals surface area contributed by atoms with E-state index in [1.54, 1.807) is 4.57 Å². The average Bonchev–Trinajstić information content (AvgIpc) is 3.28. The second-order valence-corrected chi connectivity index (χ2v) is 6.66. The molecule has 4 rings (SSSR count). The van der Waals surface area contributed by atoms with Crippen LogP contribution in [0, 0.1) is 0 Å². The molecule has 1 aromatic carbocycles. The van der Waals surface area contributed by atoms with E-state index < -0.39 is 17.6 Å². The summed E-state index contributed by atoms with van der Waals surface area (Å²) in [4.78, 5) is 20.4. The van der Waals surface area contributed by atoms with E-state index in [9.17, 15) is 18.0 Å². The molecule has 0 unspecified atom stereocenters. The van der Waals surface area contributed by atoms with Gasteiger partial charge in [0.1, 0.15) is 18.0 Å². The number of anilines is 1. The van der Waals surface area contributed by atoms with Crippen LogP contribution in [0.2, 0.25) is 5.02 Å². The van der Waals surface area contributed by atoms with Crippen molar-refractivity contribution in [3.63, 3.8) is 0 Å². The van der Waals surface area contributed by atoms with Crippen LogP contribution in [0.5, 0.6) is 0 Å². The van der Waals surface area contributed by atoms with E-state index in [0.717, 1.165) is 23.8 Å². The van der Waals surface area contributed by atoms with Crippen LogP contribution >= 0.6 is 11.6 Å². The lowest BCUT2D eigenvalue weighted by Gasteiger charge is -2.10. The predicted molar refractivity (Wildman–Crippen MR) is 97.5 cm³/mol. The van der Waals surface area contributed by atoms with Crippen LogP contribution in [-0.4, -0.2) is 27.0 Å². The molecule has 3 N–H and O–H groups in total. The molecule has 3 aromatic rings. The first-order valence-electron chi connectivity index (χ1n) is 8.22. The maximum Gasteiger partial charge on any atom is 0.416 e. The predicted octanol–water partition coefficient (Wildman–Crippen LogP) is 3.67. The average molecular weight is 408 g/mol. The number of rotatable bonds is 3. The molecule has 1 aliphatic heterocycles. The van der Waals surface area contributed by atoms with Crippen molar-refractivity contribution < 1.29 is 18.0 Å². The van der Waals surface area contributed by atoms with Crippen molar-refractivity contribution in [2.24, 2.45) is 5.73 Å². The highest BCUT2D eigenvalue weighted by Gasteiger charge is 2.31. The summed E-state index contributed by atoms with van der Waals surface area (Å²) >= 11 is 6.14. The number of amides is 1. The van der Waals surface area contributed by atoms with E-state index in [0.29, 0.717) is 24.6 Å². The molecular weight excluding hydrogens is 395 g/mol. The Morgan fingerprint density at radius 3 is 2.71 bits per heavy atom. The van der Waals surface area contributed by atoms with Gasteiger partial charge in [0.15, 0.2) is 0 Å². The van der Waals surface area contributed by atoms with Gasteiger partial charge in [-0.1, -0.05) is 11.6 Å². The molecule has 3 heterocycles. The molecule has 6 nitrogen and oxygen atoms in total. The van der Waals surface area contributed by atoms with Gasteiger partial charge in [-0.25, -0.2) is 9.97 Å². The van der Waals surface area contributed by atoms with Gasteiger partial charge in [-0.05, 0) is 24.6 Å². The van der Waals surface area contributed by atoms with Crippen molar-refractivity contribution in [3.05, 3.63) is 58.6 Å². The number of carbonyl (C=O) groups is 1. The highest BCUT2D eigenvalue weighted by atomic mass is 35.5. The molecule has 0 saturated carbocycles. The number of aromatic nitrogens is 3. The molecule has 144 valence electrons. The molecule has 0 fully saturated rings. The number of nitrogens with one attached hydrogen (secondary N) is 1. The number of hydrogen-bond donors (Lipinski definition) is 2. The first-order valence-corrected chi connectivity index (χ1v) is 8.60. The van der Waals surface area contributed by atoms with Gasteiger partial charge < -0.3 is 15.6 Å². The number of primary amides is 1. The molecule has 0 atom stereocenters. The molecule has 0 aliphatic carbocycles. The zero-order valence-electron chi connectivity index (χ0n) is 14.2. The molecule has 0 radical (unpaired) electrons. The number of halogens is 4. The highest BCUT2D eigenvalue weighted by molar-refractivity contribution is 6.33. The molecule has 0 saturated heterocycles. The third kappa shape index (κ3) is 3.07. The van der Waals surface area contributed by atoms with Crippen LogP contribution < -0.4 is 11.1 Å². The summed E-state index contributed by atoms with van der Waals surface area (Å²) < 4.78 is 40.9. The smallest absolute Gasteiger partial charge is 0.369 e. The van der Waals surface area contributed by atoms with E-state index in [1.807, 2.05) is 0 Å². The standard InChI is InChI=1S/C18H13ClF3N5O/c19-14-2-1-9(18(20,21)22)5-11(14)12-6-27(7-13(12)15(23)28)17-10-3-4-24-16(10)25-8-26-17/h1-2,5-8H,3-4H2,(H2,23,28)(H,24,25,26). The van der Waals surface area contributed by atoms with Crippen LogP contribution in [0.25, 0.3) is 16.9 Å². The Balaban J connectivity index is 1.90. The number of hydrogen-bond acceptors (Lipinski definition) is 4. The van der Waals surface area contributed by atoms with Gasteiger partial charge in [-0.2, -0.15) is 13.2 Å². The molecule has 0 spiro atoms. The number of fused-ring (bicyclic) bond motifs is 1. The topological polar surface area (TPSA) is 85.8 Å². The minimum Gasteiger partial charge on any atom is -0.369 e. The summed E-state index contributed by atoms with van der Waals surface area (Å²) in [7, 11) is 0. The van der Waals surface area contributed by atoms with Crippen molar-refractivity contribution in [1.29, 1.82) is 0 Å². The van der Waals surface area contributed by atoms with Gasteiger partial charge in [0.05, 0.1) is 11.1 Å². The second-order valence-electron chi connectivity index (χ2n) is 6.25. The number of nitrogens with two attached hydrogens (primary N) is 1. The summed E-state index contributed by atoms with van der Waals surface area (Å²) in [6.07, 6.45) is 0.439. The number of nitrogens with zero attached hydrogens (tertiary/aromatic N) is 3. The Labute approximate surface area is 162 Å². The van der Waals surface area contributed by atoms with Gasteiger partial charge in [0.25, 0.3) is 5.91 Å². The van der Waals surface area contributed by atoms with E-state index in [2.05, 4.69) is 15.3 Å². The molecule has 28 heavy (non-hydrogen) atoms. The number of carbonyl (C=O) groups excluding carboxylic acids is 1. The van der Waals surface area contributed by atoms with E-state index in [4.69, 9.17) is 17.3 Å². The number of alkyl halides is 3. The minimum absolute atomic E-state index is 0.0412. The maximum atomic E-state index is 13.1. The zero-order chi connectivity index (χ0) is 20.1. The van der Waals surface area contributed by atoms with Crippen LogP contribution in [0.4, 0.5) is 19.0 Å². The van der Waals surface area contributed by atoms with Crippen molar-refractivity contribution >= 4 is 23.3 Å². The second kappa shape index (κ2) is 6.52. The van der Waals surface area contributed by atoms with Gasteiger partial charge in [-0.3, -0.25) is 4.79 Å². The summed E-state index contributed by atoms with van der Waals surface area (Å²) in [5.74, 6) is 0.413. The third-order valence-corrected chi connectivity index (χ3v) is 4.84. The first-order chi connectivity index (χ1) is 13.3. The zero-order valence-corrected chi connectivity index (χ0v) is 15.0. The lowest BCUT2D eigenvalue weighted by atomic mass is 10.0. The Morgan fingerprint density at radius 2 is 2.00 bits per heavy atom. The minimum atomic E-state index is -4.55. The SMILES string of the molecule is NC(=O)c1cn(-c2ncnc3c2CCN3)cc1-c1cc(C(F)(F)F)ccc1Cl. The monoisotopic (exact) mass is 407 g/mol. The summed E-state index contributed by atoms with van der Waals surface area (Å²) in [6.45, 7) is 0.692. The fourth-order valence-corrected chi connectivity index (χ4v) is 3.43. The Morgan fingerprint density at radius 1 is 1.21 bits per heavy atom. The van der Waals surface area contributed by atoms with Gasteiger partial charge >= 0.3 is 6.18 Å². The van der Waals surface area contributed by atoms with Crippen LogP contribution in [-0.2, 0) is 12.6 Å². The summed E-state index contributed by atoms with van der Waals surface area (Å²) in [5.41, 5.74) is 5.74. The quantitative estimate of drug-likeness (QED) is 0.693. The van der Waals surface area contributed by atoms with Crippen LogP contribution in [0.15, 0.2) is 36.9 Å². The molecular formula is C18H13ClF3N5O. The molecule has 1 amide bonds. The summed E-state index contributed by atoms with van der Waals surface area (Å²) in [5, 5.41) is 3.19. The van der Waals surface area contributed by atoms with Crippen LogP contribution in [0.3, 0.4) is 0 Å². The first kappa shape index (κ1) is 18.3. The molecule has 10 heteroatoms. The normalized spacial score (nSPS) is 13.3. The molecule has 0 bridgehead atoms. The van der Waals surface area contributed by atoms with E-state index in [1.165, 1.54) is 18.7 Å². The van der Waals surface area contributed by atoms with E-state index >= 15 is 0 Å². The van der Waals surface area contributed by atoms with Crippen molar-refractivity contribution in [1.82, 2.24) is 14.5 Å². The van der Waals surface area contributed by atoms with Crippen molar-refractivity contribution in [2.75, 3.05) is 11.9 Å². The third-order valence-electron chi connectivity index (χ3n) is 4.51. The molecule has 2 aromatic heterocycles. The summed E-state index contributed by atoms with van der Waals surface area (Å²) in [6, 6.07) is 2.93. The number of benzene rings is 1. The van der Waals surface area contributed by atoms with Gasteiger partial charge in [0.2, 0.25) is 0 Å². The van der Waals surface area contributed by atoms with Crippen molar-refractivity contribution in [2.45, 2.75) is 12.6 Å². The Hall–Kier alpha value is -3.07. The van der Waals surface area contributed by atoms with E-state index in [-0.39, 0.29) is 21.7 Å². The maximum absolute atomic E-state index is 13.1. The fourth-order valence-electron chi connectivity index (χ4n) is 3.21. The molecule has 1 aliphatic rings. The lowest BCUT2D eigenvalue weighted by Crippen LogP contribution is -2.11. The fraction of sp³-hybridized carbons (Fsp3) is 0.167. The van der Waals surface area contributed by atoms with Crippen molar-refractivity contribution in [3.8, 4) is 16.9 Å². The Bertz CT molecular complexity index is 1090. The Kier molecular flexibility index (Phi) is 4.26. The van der Waals surface area contributed by atoms with Gasteiger partial charge in [0, 0.05) is 40.7 Å². The lowest BCUT2D eigenvalue weighted by molar-refractivity contribution is -0.137. The van der Waals surface area contributed by atoms with Gasteiger partial charge in [-0.15, -0.1) is 0 Å². The highest BCUT2D eigenvalue weighted by Crippen LogP contribution is 2.38. The largest absolute Gasteiger partial charge is 0.416 e.